The molecule has 2 N–H and O–H groups in total. The molecule has 0 bridgehead atoms. The lowest BCUT2D eigenvalue weighted by atomic mass is 10.2. The van der Waals surface area contributed by atoms with Gasteiger partial charge < -0.3 is 15.4 Å². The molecule has 0 heterocycles. The molecule has 0 aliphatic heterocycles. The summed E-state index contributed by atoms with van der Waals surface area (Å²) in [6.07, 6.45) is -0.748. The summed E-state index contributed by atoms with van der Waals surface area (Å²) in [4.78, 5) is 24.7. The second-order valence-electron chi connectivity index (χ2n) is 6.08. The van der Waals surface area contributed by atoms with Crippen molar-refractivity contribution < 1.29 is 14.3 Å². The van der Waals surface area contributed by atoms with Crippen LogP contribution in [0.1, 0.15) is 17.3 Å². The molecule has 0 aliphatic carbocycles. The number of para-hydroxylation sites is 1. The molecule has 0 saturated carbocycles. The smallest absolute Gasteiger partial charge is 0.265 e. The third-order valence-corrected chi connectivity index (χ3v) is 4.25. The lowest BCUT2D eigenvalue weighted by Crippen LogP contribution is -2.30. The summed E-state index contributed by atoms with van der Waals surface area (Å²) < 4.78 is 5.62. The zero-order valence-corrected chi connectivity index (χ0v) is 15.9. The third-order valence-electron chi connectivity index (χ3n) is 3.93. The fraction of sp³-hybridized carbons (Fsp3) is 0.0909. The SMILES string of the molecule is CC(Oc1ccccc1Cl)C(=O)Nc1cccc(NC(=O)c2ccccc2)c1. The highest BCUT2D eigenvalue weighted by Gasteiger charge is 2.16. The second-order valence-corrected chi connectivity index (χ2v) is 6.49. The van der Waals surface area contributed by atoms with E-state index in [0.29, 0.717) is 27.7 Å². The van der Waals surface area contributed by atoms with Gasteiger partial charge in [-0.05, 0) is 49.4 Å². The van der Waals surface area contributed by atoms with Crippen molar-refractivity contribution in [2.75, 3.05) is 10.6 Å². The number of anilines is 2. The van der Waals surface area contributed by atoms with Crippen LogP contribution in [0.4, 0.5) is 11.4 Å². The monoisotopic (exact) mass is 394 g/mol. The summed E-state index contributed by atoms with van der Waals surface area (Å²) in [5, 5.41) is 6.02. The predicted molar refractivity (Wildman–Crippen MR) is 111 cm³/mol. The first-order valence-corrected chi connectivity index (χ1v) is 9.09. The molecule has 1 atom stereocenters. The molecule has 0 aliphatic rings. The topological polar surface area (TPSA) is 67.4 Å². The molecule has 3 aromatic rings. The van der Waals surface area contributed by atoms with Crippen molar-refractivity contribution in [1.82, 2.24) is 0 Å². The Morgan fingerprint density at radius 3 is 2.21 bits per heavy atom. The fourth-order valence-corrected chi connectivity index (χ4v) is 2.68. The van der Waals surface area contributed by atoms with E-state index in [2.05, 4.69) is 10.6 Å². The van der Waals surface area contributed by atoms with E-state index in [-0.39, 0.29) is 11.8 Å². The average molecular weight is 395 g/mol. The fourth-order valence-electron chi connectivity index (χ4n) is 2.50. The Hall–Kier alpha value is -3.31. The van der Waals surface area contributed by atoms with Crippen molar-refractivity contribution in [1.29, 1.82) is 0 Å². The molecule has 5 nitrogen and oxygen atoms in total. The van der Waals surface area contributed by atoms with Gasteiger partial charge in [-0.2, -0.15) is 0 Å². The van der Waals surface area contributed by atoms with Gasteiger partial charge in [0, 0.05) is 16.9 Å². The quantitative estimate of drug-likeness (QED) is 0.618. The Morgan fingerprint density at radius 1 is 0.857 bits per heavy atom. The minimum atomic E-state index is -0.748. The molecule has 3 aromatic carbocycles. The van der Waals surface area contributed by atoms with Crippen molar-refractivity contribution in [2.24, 2.45) is 0 Å². The standard InChI is InChI=1S/C22H19ClN2O3/c1-15(28-20-13-6-5-12-19(20)23)21(26)24-17-10-7-11-18(14-17)25-22(27)16-8-3-2-4-9-16/h2-15H,1H3,(H,24,26)(H,25,27). The minimum absolute atomic E-state index is 0.223. The summed E-state index contributed by atoms with van der Waals surface area (Å²) in [5.41, 5.74) is 1.68. The first-order chi connectivity index (χ1) is 13.5. The summed E-state index contributed by atoms with van der Waals surface area (Å²) in [5.74, 6) is -0.110. The van der Waals surface area contributed by atoms with Gasteiger partial charge >= 0.3 is 0 Å². The molecule has 1 unspecified atom stereocenters. The van der Waals surface area contributed by atoms with Crippen LogP contribution in [0.15, 0.2) is 78.9 Å². The van der Waals surface area contributed by atoms with Gasteiger partial charge in [-0.3, -0.25) is 9.59 Å². The summed E-state index contributed by atoms with van der Waals surface area (Å²) in [7, 11) is 0. The molecular weight excluding hydrogens is 376 g/mol. The lowest BCUT2D eigenvalue weighted by molar-refractivity contribution is -0.122. The number of rotatable bonds is 6. The van der Waals surface area contributed by atoms with E-state index in [1.165, 1.54) is 0 Å². The van der Waals surface area contributed by atoms with Crippen LogP contribution < -0.4 is 15.4 Å². The average Bonchev–Trinajstić information content (AvgIpc) is 2.70. The maximum Gasteiger partial charge on any atom is 0.265 e. The molecule has 142 valence electrons. The van der Waals surface area contributed by atoms with Crippen molar-refractivity contribution in [3.63, 3.8) is 0 Å². The van der Waals surface area contributed by atoms with Crippen molar-refractivity contribution >= 4 is 34.8 Å². The van der Waals surface area contributed by atoms with E-state index in [1.54, 1.807) is 79.7 Å². The third kappa shape index (κ3) is 5.11. The molecule has 0 saturated heterocycles. The molecule has 6 heteroatoms. The zero-order valence-electron chi connectivity index (χ0n) is 15.2. The van der Waals surface area contributed by atoms with Crippen LogP contribution in [-0.2, 0) is 4.79 Å². The molecular formula is C22H19ClN2O3. The van der Waals surface area contributed by atoms with Crippen LogP contribution in [0.5, 0.6) is 5.75 Å². The molecule has 28 heavy (non-hydrogen) atoms. The summed E-state index contributed by atoms with van der Waals surface area (Å²) >= 11 is 6.06. The molecule has 3 rings (SSSR count). The van der Waals surface area contributed by atoms with Crippen molar-refractivity contribution in [3.05, 3.63) is 89.4 Å². The van der Waals surface area contributed by atoms with Crippen LogP contribution in [0.3, 0.4) is 0 Å². The van der Waals surface area contributed by atoms with Crippen LogP contribution in [0.2, 0.25) is 5.02 Å². The van der Waals surface area contributed by atoms with Gasteiger partial charge in [0.15, 0.2) is 6.10 Å². The number of halogens is 1. The van der Waals surface area contributed by atoms with Gasteiger partial charge in [0.2, 0.25) is 0 Å². The van der Waals surface area contributed by atoms with Gasteiger partial charge in [-0.15, -0.1) is 0 Å². The Labute approximate surface area is 168 Å². The lowest BCUT2D eigenvalue weighted by Gasteiger charge is -2.16. The molecule has 2 amide bonds. The van der Waals surface area contributed by atoms with Gasteiger partial charge in [0.05, 0.1) is 5.02 Å². The maximum absolute atomic E-state index is 12.4. The number of benzene rings is 3. The van der Waals surface area contributed by atoms with E-state index in [9.17, 15) is 9.59 Å². The number of carbonyl (C=O) groups excluding carboxylic acids is 2. The van der Waals surface area contributed by atoms with Gasteiger partial charge in [-0.1, -0.05) is 48.0 Å². The van der Waals surface area contributed by atoms with Crippen LogP contribution in [0, 0.1) is 0 Å². The first kappa shape index (κ1) is 19.5. The molecule has 0 radical (unpaired) electrons. The Balaban J connectivity index is 1.63. The minimum Gasteiger partial charge on any atom is -0.479 e. The zero-order chi connectivity index (χ0) is 19.9. The van der Waals surface area contributed by atoms with Crippen LogP contribution in [-0.4, -0.2) is 17.9 Å². The molecule has 0 spiro atoms. The summed E-state index contributed by atoms with van der Waals surface area (Å²) in [6, 6.07) is 22.8. The number of hydrogen-bond acceptors (Lipinski definition) is 3. The predicted octanol–water partition coefficient (Wildman–Crippen LogP) is 5.00. The van der Waals surface area contributed by atoms with Gasteiger partial charge in [0.25, 0.3) is 11.8 Å². The van der Waals surface area contributed by atoms with Gasteiger partial charge in [-0.25, -0.2) is 0 Å². The van der Waals surface area contributed by atoms with Crippen LogP contribution >= 0.6 is 11.6 Å². The Morgan fingerprint density at radius 2 is 1.50 bits per heavy atom. The number of carbonyl (C=O) groups is 2. The normalized spacial score (nSPS) is 11.4. The highest BCUT2D eigenvalue weighted by atomic mass is 35.5. The molecule has 0 fully saturated rings. The maximum atomic E-state index is 12.4. The van der Waals surface area contributed by atoms with E-state index >= 15 is 0 Å². The number of ether oxygens (including phenoxy) is 1. The molecule has 0 aromatic heterocycles. The first-order valence-electron chi connectivity index (χ1n) is 8.71. The van der Waals surface area contributed by atoms with Gasteiger partial charge in [0.1, 0.15) is 5.75 Å². The van der Waals surface area contributed by atoms with Crippen LogP contribution in [0.25, 0.3) is 0 Å². The number of hydrogen-bond donors (Lipinski definition) is 2. The van der Waals surface area contributed by atoms with E-state index in [4.69, 9.17) is 16.3 Å². The highest BCUT2D eigenvalue weighted by molar-refractivity contribution is 6.32. The Kier molecular flexibility index (Phi) is 6.29. The van der Waals surface area contributed by atoms with Crippen molar-refractivity contribution in [2.45, 2.75) is 13.0 Å². The largest absolute Gasteiger partial charge is 0.479 e. The van der Waals surface area contributed by atoms with Crippen molar-refractivity contribution in [3.8, 4) is 5.75 Å². The highest BCUT2D eigenvalue weighted by Crippen LogP contribution is 2.24. The number of amides is 2. The summed E-state index contributed by atoms with van der Waals surface area (Å²) in [6.45, 7) is 1.64. The van der Waals surface area contributed by atoms with E-state index in [0.717, 1.165) is 0 Å². The second kappa shape index (κ2) is 9.06. The van der Waals surface area contributed by atoms with E-state index < -0.39 is 6.10 Å². The number of nitrogens with one attached hydrogen (secondary N) is 2. The van der Waals surface area contributed by atoms with E-state index in [1.807, 2.05) is 6.07 Å². The Bertz CT molecular complexity index is 976.